The Balaban J connectivity index is 3.73. The van der Waals surface area contributed by atoms with E-state index < -0.39 is 0 Å². The Morgan fingerprint density at radius 2 is 2.00 bits per heavy atom. The molecule has 0 spiro atoms. The van der Waals surface area contributed by atoms with Gasteiger partial charge in [-0.05, 0) is 32.8 Å². The summed E-state index contributed by atoms with van der Waals surface area (Å²) in [6.45, 7) is 10.6. The van der Waals surface area contributed by atoms with E-state index in [0.717, 1.165) is 12.2 Å². The standard InChI is InChI=1S/C12H22O3S/c1-10(2)11(13)16-9-6-12(3,4)15-8-7-14-5/h1,6-9H2,2-5H3. The number of carbonyl (C=O) groups excluding carboxylic acids is 1. The Morgan fingerprint density at radius 3 is 2.50 bits per heavy atom. The third-order valence-corrected chi connectivity index (χ3v) is 3.08. The molecular formula is C12H22O3S. The SMILES string of the molecule is C=C(C)C(=O)SCCC(C)(C)OCCOC. The molecule has 16 heavy (non-hydrogen) atoms. The van der Waals surface area contributed by atoms with Gasteiger partial charge in [-0.2, -0.15) is 0 Å². The van der Waals surface area contributed by atoms with Gasteiger partial charge in [0.05, 0.1) is 18.8 Å². The molecule has 94 valence electrons. The highest BCUT2D eigenvalue weighted by atomic mass is 32.2. The summed E-state index contributed by atoms with van der Waals surface area (Å²) in [5.74, 6) is 0.756. The second kappa shape index (κ2) is 7.87. The van der Waals surface area contributed by atoms with Crippen molar-refractivity contribution in [2.75, 3.05) is 26.1 Å². The summed E-state index contributed by atoms with van der Waals surface area (Å²) in [4.78, 5) is 11.3. The maximum absolute atomic E-state index is 11.3. The second-order valence-corrected chi connectivity index (χ2v) is 5.33. The van der Waals surface area contributed by atoms with Crippen molar-refractivity contribution in [3.63, 3.8) is 0 Å². The predicted octanol–water partition coefficient (Wildman–Crippen LogP) is 2.65. The number of methoxy groups -OCH3 is 1. The van der Waals surface area contributed by atoms with Gasteiger partial charge in [-0.25, -0.2) is 0 Å². The van der Waals surface area contributed by atoms with Crippen molar-refractivity contribution < 1.29 is 14.3 Å². The lowest BCUT2D eigenvalue weighted by Gasteiger charge is -2.24. The minimum atomic E-state index is -0.207. The number of ether oxygens (including phenoxy) is 2. The third kappa shape index (κ3) is 7.91. The maximum Gasteiger partial charge on any atom is 0.214 e. The van der Waals surface area contributed by atoms with Crippen molar-refractivity contribution >= 4 is 16.9 Å². The second-order valence-electron chi connectivity index (χ2n) is 4.27. The van der Waals surface area contributed by atoms with Crippen LogP contribution in [0.2, 0.25) is 0 Å². The topological polar surface area (TPSA) is 35.5 Å². The lowest BCUT2D eigenvalue weighted by molar-refractivity contribution is -0.107. The fourth-order valence-corrected chi connectivity index (χ4v) is 2.01. The average molecular weight is 246 g/mol. The number of hydrogen-bond acceptors (Lipinski definition) is 4. The Morgan fingerprint density at radius 1 is 1.38 bits per heavy atom. The summed E-state index contributed by atoms with van der Waals surface area (Å²) >= 11 is 1.30. The van der Waals surface area contributed by atoms with Crippen LogP contribution in [0, 0.1) is 0 Å². The average Bonchev–Trinajstić information content (AvgIpc) is 2.17. The molecule has 0 aliphatic rings. The molecule has 3 nitrogen and oxygen atoms in total. The monoisotopic (exact) mass is 246 g/mol. The molecule has 0 unspecified atom stereocenters. The van der Waals surface area contributed by atoms with Crippen LogP contribution in [0.4, 0.5) is 0 Å². The van der Waals surface area contributed by atoms with Gasteiger partial charge < -0.3 is 9.47 Å². The van der Waals surface area contributed by atoms with E-state index in [4.69, 9.17) is 9.47 Å². The van der Waals surface area contributed by atoms with Crippen LogP contribution in [0.25, 0.3) is 0 Å². The molecular weight excluding hydrogens is 224 g/mol. The molecule has 4 heteroatoms. The summed E-state index contributed by atoms with van der Waals surface area (Å²) in [5.41, 5.74) is 0.393. The quantitative estimate of drug-likeness (QED) is 0.487. The summed E-state index contributed by atoms with van der Waals surface area (Å²) in [6.07, 6.45) is 0.834. The van der Waals surface area contributed by atoms with Gasteiger partial charge >= 0.3 is 0 Å². The van der Waals surface area contributed by atoms with Crippen molar-refractivity contribution in [1.29, 1.82) is 0 Å². The van der Waals surface area contributed by atoms with Crippen molar-refractivity contribution in [1.82, 2.24) is 0 Å². The highest BCUT2D eigenvalue weighted by Gasteiger charge is 2.18. The Labute approximate surface area is 103 Å². The normalized spacial score (nSPS) is 11.5. The Kier molecular flexibility index (Phi) is 7.72. The van der Waals surface area contributed by atoms with Crippen LogP contribution in [0.5, 0.6) is 0 Å². The van der Waals surface area contributed by atoms with Crippen LogP contribution in [-0.4, -0.2) is 36.8 Å². The van der Waals surface area contributed by atoms with Gasteiger partial charge in [-0.1, -0.05) is 18.3 Å². The van der Waals surface area contributed by atoms with Crippen LogP contribution in [0.15, 0.2) is 12.2 Å². The minimum absolute atomic E-state index is 0.0627. The first-order valence-electron chi connectivity index (χ1n) is 5.34. The van der Waals surface area contributed by atoms with E-state index in [0.29, 0.717) is 18.8 Å². The number of thioether (sulfide) groups is 1. The molecule has 0 saturated heterocycles. The molecule has 0 aromatic rings. The zero-order chi connectivity index (χ0) is 12.6. The van der Waals surface area contributed by atoms with E-state index in [1.165, 1.54) is 11.8 Å². The van der Waals surface area contributed by atoms with Crippen molar-refractivity contribution in [3.05, 3.63) is 12.2 Å². The smallest absolute Gasteiger partial charge is 0.214 e. The number of rotatable bonds is 8. The molecule has 0 radical (unpaired) electrons. The van der Waals surface area contributed by atoms with E-state index >= 15 is 0 Å². The van der Waals surface area contributed by atoms with E-state index in [-0.39, 0.29) is 10.7 Å². The fourth-order valence-electron chi connectivity index (χ4n) is 0.986. The molecule has 0 aliphatic heterocycles. The summed E-state index contributed by atoms with van der Waals surface area (Å²) < 4.78 is 10.6. The molecule has 0 atom stereocenters. The van der Waals surface area contributed by atoms with Crippen LogP contribution < -0.4 is 0 Å². The first kappa shape index (κ1) is 15.7. The van der Waals surface area contributed by atoms with Gasteiger partial charge in [0, 0.05) is 12.9 Å². The minimum Gasteiger partial charge on any atom is -0.382 e. The lowest BCUT2D eigenvalue weighted by Crippen LogP contribution is -2.27. The lowest BCUT2D eigenvalue weighted by atomic mass is 10.1. The summed E-state index contributed by atoms with van der Waals surface area (Å²) in [7, 11) is 1.65. The predicted molar refractivity (Wildman–Crippen MR) is 68.8 cm³/mol. The van der Waals surface area contributed by atoms with Gasteiger partial charge in [0.2, 0.25) is 5.12 Å². The summed E-state index contributed by atoms with van der Waals surface area (Å²) in [5, 5.41) is 0.0627. The highest BCUT2D eigenvalue weighted by molar-refractivity contribution is 8.14. The maximum atomic E-state index is 11.3. The van der Waals surface area contributed by atoms with Crippen LogP contribution >= 0.6 is 11.8 Å². The van der Waals surface area contributed by atoms with Gasteiger partial charge in [0.25, 0.3) is 0 Å². The molecule has 0 fully saturated rings. The van der Waals surface area contributed by atoms with Crippen molar-refractivity contribution in [3.8, 4) is 0 Å². The molecule has 0 N–H and O–H groups in total. The van der Waals surface area contributed by atoms with Gasteiger partial charge in [0.15, 0.2) is 0 Å². The van der Waals surface area contributed by atoms with Crippen LogP contribution in [0.3, 0.4) is 0 Å². The van der Waals surface area contributed by atoms with Gasteiger partial charge in [-0.15, -0.1) is 0 Å². The first-order valence-corrected chi connectivity index (χ1v) is 6.33. The van der Waals surface area contributed by atoms with Crippen LogP contribution in [-0.2, 0) is 14.3 Å². The zero-order valence-corrected chi connectivity index (χ0v) is 11.5. The van der Waals surface area contributed by atoms with Crippen molar-refractivity contribution in [2.45, 2.75) is 32.8 Å². The fraction of sp³-hybridized carbons (Fsp3) is 0.750. The van der Waals surface area contributed by atoms with Crippen molar-refractivity contribution in [2.24, 2.45) is 0 Å². The molecule has 0 saturated carbocycles. The number of hydrogen-bond donors (Lipinski definition) is 0. The Hall–Kier alpha value is -0.320. The van der Waals surface area contributed by atoms with E-state index in [1.807, 2.05) is 13.8 Å². The number of carbonyl (C=O) groups is 1. The van der Waals surface area contributed by atoms with E-state index in [2.05, 4.69) is 6.58 Å². The molecule has 0 bridgehead atoms. The highest BCUT2D eigenvalue weighted by Crippen LogP contribution is 2.19. The molecule has 0 heterocycles. The first-order chi connectivity index (χ1) is 7.39. The Bertz CT molecular complexity index is 236. The third-order valence-electron chi connectivity index (χ3n) is 2.07. The molecule has 0 rings (SSSR count). The molecule has 0 amide bonds. The summed E-state index contributed by atoms with van der Waals surface area (Å²) in [6, 6.07) is 0. The van der Waals surface area contributed by atoms with Gasteiger partial charge in [-0.3, -0.25) is 4.79 Å². The zero-order valence-electron chi connectivity index (χ0n) is 10.7. The molecule has 0 aromatic carbocycles. The van der Waals surface area contributed by atoms with Crippen LogP contribution in [0.1, 0.15) is 27.2 Å². The largest absolute Gasteiger partial charge is 0.382 e. The molecule has 0 aliphatic carbocycles. The van der Waals surface area contributed by atoms with Gasteiger partial charge in [0.1, 0.15) is 0 Å². The van der Waals surface area contributed by atoms with E-state index in [9.17, 15) is 4.79 Å². The molecule has 0 aromatic heterocycles. The van der Waals surface area contributed by atoms with E-state index in [1.54, 1.807) is 14.0 Å².